The van der Waals surface area contributed by atoms with Gasteiger partial charge in [-0.15, -0.1) is 0 Å². The minimum atomic E-state index is -0.724. The van der Waals surface area contributed by atoms with E-state index in [4.69, 9.17) is 4.84 Å². The van der Waals surface area contributed by atoms with Crippen LogP contribution in [0.5, 0.6) is 0 Å². The lowest BCUT2D eigenvalue weighted by atomic mass is 10.0. The fourth-order valence-corrected chi connectivity index (χ4v) is 2.95. The van der Waals surface area contributed by atoms with E-state index in [2.05, 4.69) is 5.32 Å². The van der Waals surface area contributed by atoms with Crippen LogP contribution in [0.3, 0.4) is 0 Å². The van der Waals surface area contributed by atoms with Gasteiger partial charge in [0.25, 0.3) is 11.5 Å². The standard InChI is InChI=1S/C19H22FN3O4/c1-11-4-5-15(14(20)8-11)21-18-17-13(9-16(25)22(18)3)6-7-23(19(17)26)27-10-12(2)24/h4-5,8-9,12,21,24H,6-7,10H2,1-3H3/t12-/m1/s1. The third kappa shape index (κ3) is 3.86. The monoisotopic (exact) mass is 375 g/mol. The van der Waals surface area contributed by atoms with Gasteiger partial charge in [0.1, 0.15) is 18.2 Å². The summed E-state index contributed by atoms with van der Waals surface area (Å²) in [5, 5.41) is 13.4. The van der Waals surface area contributed by atoms with Crippen LogP contribution < -0.4 is 10.9 Å². The SMILES string of the molecule is Cc1ccc(Nc2c3c(cc(=O)n2C)CCN(OC[C@@H](C)O)C3=O)c(F)c1. The molecule has 1 aromatic heterocycles. The Morgan fingerprint density at radius 1 is 1.33 bits per heavy atom. The van der Waals surface area contributed by atoms with E-state index in [0.29, 0.717) is 12.0 Å². The summed E-state index contributed by atoms with van der Waals surface area (Å²) in [5.74, 6) is -0.719. The van der Waals surface area contributed by atoms with Crippen LogP contribution in [0, 0.1) is 12.7 Å². The fourth-order valence-electron chi connectivity index (χ4n) is 2.95. The molecule has 0 fully saturated rings. The van der Waals surface area contributed by atoms with Crippen molar-refractivity contribution >= 4 is 17.4 Å². The number of aliphatic hydroxyl groups is 1. The van der Waals surface area contributed by atoms with E-state index in [1.165, 1.54) is 23.7 Å². The van der Waals surface area contributed by atoms with Crippen molar-refractivity contribution < 1.29 is 19.1 Å². The van der Waals surface area contributed by atoms with Gasteiger partial charge in [-0.2, -0.15) is 0 Å². The van der Waals surface area contributed by atoms with E-state index >= 15 is 0 Å². The van der Waals surface area contributed by atoms with Gasteiger partial charge in [0.2, 0.25) is 0 Å². The molecular weight excluding hydrogens is 353 g/mol. The number of pyridine rings is 1. The highest BCUT2D eigenvalue weighted by molar-refractivity contribution is 6.01. The van der Waals surface area contributed by atoms with Crippen molar-refractivity contribution in [1.29, 1.82) is 0 Å². The lowest BCUT2D eigenvalue weighted by molar-refractivity contribution is -0.144. The first-order valence-electron chi connectivity index (χ1n) is 8.67. The van der Waals surface area contributed by atoms with Crippen LogP contribution in [0.25, 0.3) is 0 Å². The molecule has 0 aliphatic carbocycles. The molecule has 7 nitrogen and oxygen atoms in total. The van der Waals surface area contributed by atoms with E-state index in [1.54, 1.807) is 26.0 Å². The van der Waals surface area contributed by atoms with Crippen LogP contribution in [-0.2, 0) is 18.3 Å². The van der Waals surface area contributed by atoms with E-state index in [-0.39, 0.29) is 35.8 Å². The summed E-state index contributed by atoms with van der Waals surface area (Å²) in [4.78, 5) is 30.6. The van der Waals surface area contributed by atoms with Crippen molar-refractivity contribution in [2.45, 2.75) is 26.4 Å². The molecule has 0 unspecified atom stereocenters. The summed E-state index contributed by atoms with van der Waals surface area (Å²) in [6.07, 6.45) is -0.305. The van der Waals surface area contributed by atoms with Crippen LogP contribution in [0.1, 0.15) is 28.4 Å². The number of nitrogens with one attached hydrogen (secondary N) is 1. The van der Waals surface area contributed by atoms with Crippen LogP contribution in [0.2, 0.25) is 0 Å². The lowest BCUT2D eigenvalue weighted by Crippen LogP contribution is -2.41. The van der Waals surface area contributed by atoms with Crippen LogP contribution in [0.15, 0.2) is 29.1 Å². The molecule has 1 amide bonds. The third-order valence-electron chi connectivity index (χ3n) is 4.40. The van der Waals surface area contributed by atoms with Gasteiger partial charge in [-0.05, 0) is 43.5 Å². The Morgan fingerprint density at radius 2 is 2.07 bits per heavy atom. The normalized spacial score (nSPS) is 14.9. The Bertz CT molecular complexity index is 939. The molecule has 144 valence electrons. The van der Waals surface area contributed by atoms with Crippen molar-refractivity contribution in [3.8, 4) is 0 Å². The minimum absolute atomic E-state index is 0.0256. The number of benzene rings is 1. The van der Waals surface area contributed by atoms with Gasteiger partial charge in [-0.1, -0.05) is 6.07 Å². The molecule has 3 rings (SSSR count). The van der Waals surface area contributed by atoms with Crippen molar-refractivity contribution in [1.82, 2.24) is 9.63 Å². The van der Waals surface area contributed by atoms with E-state index in [9.17, 15) is 19.1 Å². The van der Waals surface area contributed by atoms with Gasteiger partial charge in [0.05, 0.1) is 23.9 Å². The number of hydrogen-bond donors (Lipinski definition) is 2. The maximum absolute atomic E-state index is 14.3. The van der Waals surface area contributed by atoms with Gasteiger partial charge < -0.3 is 10.4 Å². The molecule has 1 aliphatic heterocycles. The second-order valence-electron chi connectivity index (χ2n) is 6.70. The second-order valence-corrected chi connectivity index (χ2v) is 6.70. The Labute approximate surface area is 155 Å². The summed E-state index contributed by atoms with van der Waals surface area (Å²) < 4.78 is 15.6. The zero-order valence-electron chi connectivity index (χ0n) is 15.5. The zero-order chi connectivity index (χ0) is 19.7. The first-order valence-corrected chi connectivity index (χ1v) is 8.67. The molecule has 2 N–H and O–H groups in total. The molecule has 2 heterocycles. The highest BCUT2D eigenvalue weighted by Crippen LogP contribution is 2.28. The number of fused-ring (bicyclic) bond motifs is 1. The summed E-state index contributed by atoms with van der Waals surface area (Å²) >= 11 is 0. The zero-order valence-corrected chi connectivity index (χ0v) is 15.5. The van der Waals surface area contributed by atoms with Crippen molar-refractivity contribution in [2.75, 3.05) is 18.5 Å². The summed E-state index contributed by atoms with van der Waals surface area (Å²) in [5.41, 5.74) is 1.47. The average Bonchev–Trinajstić information content (AvgIpc) is 2.60. The number of carbonyl (C=O) groups is 1. The molecule has 27 heavy (non-hydrogen) atoms. The summed E-state index contributed by atoms with van der Waals surface area (Å²) in [6.45, 7) is 3.57. The largest absolute Gasteiger partial charge is 0.391 e. The van der Waals surface area contributed by atoms with E-state index < -0.39 is 17.8 Å². The number of halogens is 1. The maximum atomic E-state index is 14.3. The first-order chi connectivity index (χ1) is 12.8. The van der Waals surface area contributed by atoms with E-state index in [1.807, 2.05) is 0 Å². The molecular formula is C19H22FN3O4. The van der Waals surface area contributed by atoms with Gasteiger partial charge in [-0.25, -0.2) is 9.45 Å². The molecule has 0 bridgehead atoms. The van der Waals surface area contributed by atoms with Crippen LogP contribution in [-0.4, -0.2) is 39.9 Å². The molecule has 8 heteroatoms. The van der Waals surface area contributed by atoms with Crippen molar-refractivity contribution in [2.24, 2.45) is 7.05 Å². The van der Waals surface area contributed by atoms with Crippen LogP contribution in [0.4, 0.5) is 15.9 Å². The van der Waals surface area contributed by atoms with Crippen molar-refractivity contribution in [3.05, 3.63) is 57.1 Å². The predicted octanol–water partition coefficient (Wildman–Crippen LogP) is 1.89. The molecule has 0 spiro atoms. The molecule has 1 aliphatic rings. The molecule has 1 atom stereocenters. The first kappa shape index (κ1) is 19.1. The Hall–Kier alpha value is -2.71. The van der Waals surface area contributed by atoms with Crippen molar-refractivity contribution in [3.63, 3.8) is 0 Å². The quantitative estimate of drug-likeness (QED) is 0.834. The third-order valence-corrected chi connectivity index (χ3v) is 4.40. The molecule has 1 aromatic carbocycles. The lowest BCUT2D eigenvalue weighted by Gasteiger charge is -2.30. The number of aliphatic hydroxyl groups excluding tert-OH is 1. The topological polar surface area (TPSA) is 83.8 Å². The number of aryl methyl sites for hydroxylation is 1. The number of hydrogen-bond acceptors (Lipinski definition) is 5. The van der Waals surface area contributed by atoms with Gasteiger partial charge in [0.15, 0.2) is 0 Å². The summed E-state index contributed by atoms with van der Waals surface area (Å²) in [6, 6.07) is 6.08. The highest BCUT2D eigenvalue weighted by atomic mass is 19.1. The number of aromatic nitrogens is 1. The number of carbonyl (C=O) groups excluding carboxylic acids is 1. The van der Waals surface area contributed by atoms with Crippen LogP contribution >= 0.6 is 0 Å². The fraction of sp³-hybridized carbons (Fsp3) is 0.368. The average molecular weight is 375 g/mol. The molecule has 0 saturated carbocycles. The molecule has 0 radical (unpaired) electrons. The Balaban J connectivity index is 2.03. The second kappa shape index (κ2) is 7.50. The van der Waals surface area contributed by atoms with Gasteiger partial charge in [-0.3, -0.25) is 19.0 Å². The van der Waals surface area contributed by atoms with Gasteiger partial charge in [0, 0.05) is 13.1 Å². The predicted molar refractivity (Wildman–Crippen MR) is 98.5 cm³/mol. The Kier molecular flexibility index (Phi) is 5.29. The number of rotatable bonds is 5. The Morgan fingerprint density at radius 3 is 2.74 bits per heavy atom. The number of amides is 1. The van der Waals surface area contributed by atoms with Gasteiger partial charge >= 0.3 is 0 Å². The highest BCUT2D eigenvalue weighted by Gasteiger charge is 2.30. The number of nitrogens with zero attached hydrogens (tertiary/aromatic N) is 2. The maximum Gasteiger partial charge on any atom is 0.281 e. The number of hydroxylamine groups is 2. The molecule has 0 saturated heterocycles. The summed E-state index contributed by atoms with van der Waals surface area (Å²) in [7, 11) is 1.51. The molecule has 2 aromatic rings. The minimum Gasteiger partial charge on any atom is -0.391 e. The van der Waals surface area contributed by atoms with E-state index in [0.717, 1.165) is 10.6 Å². The smallest absolute Gasteiger partial charge is 0.281 e. The number of anilines is 2.